The quantitative estimate of drug-likeness (QED) is 0.258. The summed E-state index contributed by atoms with van der Waals surface area (Å²) in [6.45, 7) is 5.77. The first-order chi connectivity index (χ1) is 20.1. The number of methoxy groups -OCH3 is 2. The molecule has 3 rings (SSSR count). The Morgan fingerprint density at radius 1 is 0.929 bits per heavy atom. The van der Waals surface area contributed by atoms with Crippen molar-refractivity contribution < 1.29 is 27.5 Å². The lowest BCUT2D eigenvalue weighted by atomic mass is 10.1. The fourth-order valence-corrected chi connectivity index (χ4v) is 5.86. The van der Waals surface area contributed by atoms with E-state index in [-0.39, 0.29) is 23.0 Å². The Morgan fingerprint density at radius 2 is 1.60 bits per heavy atom. The van der Waals surface area contributed by atoms with Crippen LogP contribution in [0.5, 0.6) is 11.5 Å². The summed E-state index contributed by atoms with van der Waals surface area (Å²) in [6.07, 6.45) is 2.24. The molecule has 0 aliphatic rings. The highest BCUT2D eigenvalue weighted by Gasteiger charge is 2.32. The average Bonchev–Trinajstić information content (AvgIpc) is 3.00. The SMILES string of the molecule is CCCCNC(=O)C(C)N(CCc1ccccc1)C(=O)CN(c1ccc(OC)c(OC)c1)S(=O)(=O)c1ccc(C)cc1. The molecular weight excluding hydrogens is 554 g/mol. The van der Waals surface area contributed by atoms with E-state index in [4.69, 9.17) is 9.47 Å². The van der Waals surface area contributed by atoms with E-state index in [0.717, 1.165) is 28.3 Å². The zero-order valence-corrected chi connectivity index (χ0v) is 25.8. The minimum atomic E-state index is -4.19. The summed E-state index contributed by atoms with van der Waals surface area (Å²) in [5.41, 5.74) is 2.13. The fourth-order valence-electron chi connectivity index (χ4n) is 4.45. The number of carbonyl (C=O) groups excluding carboxylic acids is 2. The molecule has 1 unspecified atom stereocenters. The van der Waals surface area contributed by atoms with Gasteiger partial charge in [0, 0.05) is 19.2 Å². The van der Waals surface area contributed by atoms with Gasteiger partial charge in [0.1, 0.15) is 12.6 Å². The predicted octanol–water partition coefficient (Wildman–Crippen LogP) is 4.58. The first-order valence-electron chi connectivity index (χ1n) is 14.0. The smallest absolute Gasteiger partial charge is 0.264 e. The van der Waals surface area contributed by atoms with E-state index in [1.54, 1.807) is 31.2 Å². The number of anilines is 1. The number of sulfonamides is 1. The highest BCUT2D eigenvalue weighted by molar-refractivity contribution is 7.92. The van der Waals surface area contributed by atoms with Crippen LogP contribution < -0.4 is 19.1 Å². The Kier molecular flexibility index (Phi) is 11.8. The maximum absolute atomic E-state index is 14.0. The molecule has 1 atom stereocenters. The average molecular weight is 596 g/mol. The second-order valence-corrected chi connectivity index (χ2v) is 11.9. The minimum Gasteiger partial charge on any atom is -0.493 e. The molecule has 0 fully saturated rings. The summed E-state index contributed by atoms with van der Waals surface area (Å²) in [4.78, 5) is 28.6. The van der Waals surface area contributed by atoms with Crippen molar-refractivity contribution >= 4 is 27.5 Å². The Balaban J connectivity index is 2.01. The summed E-state index contributed by atoms with van der Waals surface area (Å²) in [5.74, 6) is -0.0586. The first kappa shape index (κ1) is 32.5. The van der Waals surface area contributed by atoms with Crippen molar-refractivity contribution in [2.75, 3.05) is 38.2 Å². The molecule has 0 bridgehead atoms. The van der Waals surface area contributed by atoms with Crippen molar-refractivity contribution in [2.24, 2.45) is 0 Å². The number of hydrogen-bond acceptors (Lipinski definition) is 6. The van der Waals surface area contributed by atoms with Crippen LogP contribution in [0.2, 0.25) is 0 Å². The van der Waals surface area contributed by atoms with Crippen LogP contribution in [0.3, 0.4) is 0 Å². The van der Waals surface area contributed by atoms with E-state index in [2.05, 4.69) is 5.32 Å². The van der Waals surface area contributed by atoms with Crippen molar-refractivity contribution in [2.45, 2.75) is 51.0 Å². The molecule has 0 heterocycles. The van der Waals surface area contributed by atoms with Gasteiger partial charge in [-0.25, -0.2) is 8.42 Å². The van der Waals surface area contributed by atoms with Gasteiger partial charge in [0.15, 0.2) is 11.5 Å². The van der Waals surface area contributed by atoms with Crippen molar-refractivity contribution in [3.63, 3.8) is 0 Å². The van der Waals surface area contributed by atoms with Gasteiger partial charge in [0.2, 0.25) is 11.8 Å². The number of benzene rings is 3. The molecule has 10 heteroatoms. The summed E-state index contributed by atoms with van der Waals surface area (Å²) in [6, 6.07) is 19.9. The Labute approximate surface area is 249 Å². The molecular formula is C32H41N3O6S. The number of unbranched alkanes of at least 4 members (excludes halogenated alkanes) is 1. The van der Waals surface area contributed by atoms with Gasteiger partial charge in [-0.1, -0.05) is 61.4 Å². The number of ether oxygens (including phenoxy) is 2. The van der Waals surface area contributed by atoms with Gasteiger partial charge in [-0.15, -0.1) is 0 Å². The minimum absolute atomic E-state index is 0.0388. The molecule has 3 aromatic carbocycles. The molecule has 0 saturated heterocycles. The number of carbonyl (C=O) groups is 2. The third-order valence-corrected chi connectivity index (χ3v) is 8.81. The lowest BCUT2D eigenvalue weighted by Gasteiger charge is -2.32. The second-order valence-electron chi connectivity index (χ2n) is 10.0. The van der Waals surface area contributed by atoms with Crippen molar-refractivity contribution in [3.05, 3.63) is 83.9 Å². The van der Waals surface area contributed by atoms with Crippen LogP contribution in [0.25, 0.3) is 0 Å². The molecule has 42 heavy (non-hydrogen) atoms. The highest BCUT2D eigenvalue weighted by Crippen LogP contribution is 2.34. The normalized spacial score (nSPS) is 11.8. The zero-order chi connectivity index (χ0) is 30.7. The van der Waals surface area contributed by atoms with Crippen LogP contribution >= 0.6 is 0 Å². The lowest BCUT2D eigenvalue weighted by Crippen LogP contribution is -2.52. The molecule has 0 aromatic heterocycles. The number of aryl methyl sites for hydroxylation is 1. The zero-order valence-electron chi connectivity index (χ0n) is 25.0. The van der Waals surface area contributed by atoms with Gasteiger partial charge in [-0.2, -0.15) is 0 Å². The second kappa shape index (κ2) is 15.3. The van der Waals surface area contributed by atoms with Crippen LogP contribution in [-0.4, -0.2) is 65.0 Å². The molecule has 0 radical (unpaired) electrons. The van der Waals surface area contributed by atoms with E-state index in [1.807, 2.05) is 44.2 Å². The molecule has 0 spiro atoms. The highest BCUT2D eigenvalue weighted by atomic mass is 32.2. The molecule has 0 saturated carbocycles. The van der Waals surface area contributed by atoms with E-state index < -0.39 is 28.5 Å². The monoisotopic (exact) mass is 595 g/mol. The molecule has 2 amide bonds. The molecule has 9 nitrogen and oxygen atoms in total. The molecule has 0 aliphatic carbocycles. The Morgan fingerprint density at radius 3 is 2.21 bits per heavy atom. The van der Waals surface area contributed by atoms with Crippen LogP contribution in [0, 0.1) is 6.92 Å². The summed E-state index contributed by atoms with van der Waals surface area (Å²) in [5, 5.41) is 2.90. The van der Waals surface area contributed by atoms with Crippen molar-refractivity contribution in [1.82, 2.24) is 10.2 Å². The van der Waals surface area contributed by atoms with Crippen LogP contribution in [-0.2, 0) is 26.0 Å². The molecule has 1 N–H and O–H groups in total. The fraction of sp³-hybridized carbons (Fsp3) is 0.375. The van der Waals surface area contributed by atoms with Crippen LogP contribution in [0.4, 0.5) is 5.69 Å². The largest absolute Gasteiger partial charge is 0.493 e. The van der Waals surface area contributed by atoms with Gasteiger partial charge in [0.05, 0.1) is 24.8 Å². The van der Waals surface area contributed by atoms with E-state index in [9.17, 15) is 18.0 Å². The number of amides is 2. The van der Waals surface area contributed by atoms with Gasteiger partial charge in [-0.05, 0) is 56.5 Å². The summed E-state index contributed by atoms with van der Waals surface area (Å²) >= 11 is 0. The van der Waals surface area contributed by atoms with Crippen molar-refractivity contribution in [1.29, 1.82) is 0 Å². The maximum atomic E-state index is 14.0. The number of rotatable bonds is 15. The number of hydrogen-bond donors (Lipinski definition) is 1. The molecule has 0 aliphatic heterocycles. The summed E-state index contributed by atoms with van der Waals surface area (Å²) < 4.78 is 39.8. The van der Waals surface area contributed by atoms with E-state index in [1.165, 1.54) is 37.3 Å². The number of nitrogens with one attached hydrogen (secondary N) is 1. The van der Waals surface area contributed by atoms with Gasteiger partial charge < -0.3 is 19.7 Å². The van der Waals surface area contributed by atoms with Gasteiger partial charge in [-0.3, -0.25) is 13.9 Å². The van der Waals surface area contributed by atoms with Crippen LogP contribution in [0.15, 0.2) is 77.7 Å². The lowest BCUT2D eigenvalue weighted by molar-refractivity contribution is -0.138. The molecule has 3 aromatic rings. The van der Waals surface area contributed by atoms with Crippen LogP contribution in [0.1, 0.15) is 37.8 Å². The Hall–Kier alpha value is -4.05. The molecule has 226 valence electrons. The Bertz CT molecular complexity index is 1430. The predicted molar refractivity (Wildman–Crippen MR) is 164 cm³/mol. The third-order valence-electron chi connectivity index (χ3n) is 7.02. The first-order valence-corrected chi connectivity index (χ1v) is 15.5. The third kappa shape index (κ3) is 8.25. The van der Waals surface area contributed by atoms with Gasteiger partial charge in [0.25, 0.3) is 10.0 Å². The van der Waals surface area contributed by atoms with Gasteiger partial charge >= 0.3 is 0 Å². The van der Waals surface area contributed by atoms with Crippen molar-refractivity contribution in [3.8, 4) is 11.5 Å². The topological polar surface area (TPSA) is 105 Å². The standard InChI is InChI=1S/C32H41N3O6S/c1-6-7-20-33-32(37)25(3)34(21-19-26-11-9-8-10-12-26)31(36)23-35(27-15-18-29(40-4)30(22-27)41-5)42(38,39)28-16-13-24(2)14-17-28/h8-18,22,25H,6-7,19-21,23H2,1-5H3,(H,33,37). The van der Waals surface area contributed by atoms with E-state index >= 15 is 0 Å². The summed E-state index contributed by atoms with van der Waals surface area (Å²) in [7, 11) is -1.25. The number of nitrogens with zero attached hydrogens (tertiary/aromatic N) is 2. The van der Waals surface area contributed by atoms with E-state index in [0.29, 0.717) is 24.5 Å². The maximum Gasteiger partial charge on any atom is 0.264 e.